The minimum atomic E-state index is 0.620. The summed E-state index contributed by atoms with van der Waals surface area (Å²) in [7, 11) is 0. The zero-order valence-electron chi connectivity index (χ0n) is 15.2. The first-order valence-corrected chi connectivity index (χ1v) is 9.07. The number of hydrogen-bond donors (Lipinski definition) is 0. The van der Waals surface area contributed by atoms with Crippen LogP contribution in [0.25, 0.3) is 0 Å². The third kappa shape index (κ3) is 4.25. The summed E-state index contributed by atoms with van der Waals surface area (Å²) in [5.41, 5.74) is 2.60. The molecule has 1 fully saturated rings. The van der Waals surface area contributed by atoms with Crippen LogP contribution in [0.4, 0.5) is 0 Å². The van der Waals surface area contributed by atoms with Crippen LogP contribution in [0.3, 0.4) is 0 Å². The topological polar surface area (TPSA) is 32.5 Å². The molecular weight excluding hydrogens is 298 g/mol. The number of rotatable bonds is 6. The summed E-state index contributed by atoms with van der Waals surface area (Å²) in [6, 6.07) is 7.05. The Balaban J connectivity index is 1.61. The summed E-state index contributed by atoms with van der Waals surface area (Å²) in [5.74, 6) is 2.15. The van der Waals surface area contributed by atoms with Crippen molar-refractivity contribution < 1.29 is 4.42 Å². The van der Waals surface area contributed by atoms with Crippen LogP contribution >= 0.6 is 0 Å². The first-order chi connectivity index (χ1) is 11.7. The number of piperidine rings is 1. The van der Waals surface area contributed by atoms with E-state index in [1.54, 1.807) is 0 Å². The Morgan fingerprint density at radius 3 is 2.75 bits per heavy atom. The lowest BCUT2D eigenvalue weighted by Gasteiger charge is -2.38. The van der Waals surface area contributed by atoms with Crippen LogP contribution in [0.15, 0.2) is 35.0 Å². The molecule has 0 radical (unpaired) electrons. The molecular formula is C20H29N3O. The highest BCUT2D eigenvalue weighted by atomic mass is 16.3. The second-order valence-corrected chi connectivity index (χ2v) is 6.90. The molecule has 1 unspecified atom stereocenters. The molecule has 0 aromatic carbocycles. The first kappa shape index (κ1) is 17.2. The zero-order valence-corrected chi connectivity index (χ0v) is 15.2. The number of pyridine rings is 1. The SMILES string of the molecule is CCN(Cc1ccncc1)C1CCCN(Cc2cc(C)c(C)o2)C1. The molecule has 0 N–H and O–H groups in total. The fourth-order valence-corrected chi connectivity index (χ4v) is 3.64. The molecule has 1 aliphatic heterocycles. The predicted molar refractivity (Wildman–Crippen MR) is 96.8 cm³/mol. The van der Waals surface area contributed by atoms with Crippen molar-refractivity contribution in [3.8, 4) is 0 Å². The van der Waals surface area contributed by atoms with E-state index in [1.807, 2.05) is 19.3 Å². The number of likely N-dealkylation sites (N-methyl/N-ethyl adjacent to an activating group) is 1. The molecule has 0 bridgehead atoms. The number of likely N-dealkylation sites (tertiary alicyclic amines) is 1. The zero-order chi connectivity index (χ0) is 16.9. The summed E-state index contributed by atoms with van der Waals surface area (Å²) in [5, 5.41) is 0. The van der Waals surface area contributed by atoms with Crippen molar-refractivity contribution in [3.05, 3.63) is 53.2 Å². The molecule has 0 amide bonds. The van der Waals surface area contributed by atoms with E-state index in [-0.39, 0.29) is 0 Å². The van der Waals surface area contributed by atoms with Crippen LogP contribution in [-0.4, -0.2) is 40.5 Å². The monoisotopic (exact) mass is 327 g/mol. The summed E-state index contributed by atoms with van der Waals surface area (Å²) < 4.78 is 5.87. The minimum Gasteiger partial charge on any atom is -0.465 e. The van der Waals surface area contributed by atoms with E-state index in [9.17, 15) is 0 Å². The van der Waals surface area contributed by atoms with Gasteiger partial charge in [0.15, 0.2) is 0 Å². The lowest BCUT2D eigenvalue weighted by atomic mass is 10.0. The molecule has 2 aromatic rings. The Morgan fingerprint density at radius 1 is 1.29 bits per heavy atom. The van der Waals surface area contributed by atoms with Gasteiger partial charge in [-0.1, -0.05) is 6.92 Å². The van der Waals surface area contributed by atoms with Gasteiger partial charge in [-0.3, -0.25) is 14.8 Å². The molecule has 130 valence electrons. The van der Waals surface area contributed by atoms with Crippen LogP contribution in [0.1, 0.15) is 42.4 Å². The Morgan fingerprint density at radius 2 is 2.08 bits per heavy atom. The van der Waals surface area contributed by atoms with Crippen LogP contribution < -0.4 is 0 Å². The summed E-state index contributed by atoms with van der Waals surface area (Å²) >= 11 is 0. The van der Waals surface area contributed by atoms with E-state index in [1.165, 1.54) is 30.5 Å². The number of nitrogens with zero attached hydrogens (tertiary/aromatic N) is 3. The molecule has 4 nitrogen and oxygen atoms in total. The second-order valence-electron chi connectivity index (χ2n) is 6.90. The van der Waals surface area contributed by atoms with Crippen molar-refractivity contribution in [2.24, 2.45) is 0 Å². The molecule has 1 aliphatic rings. The van der Waals surface area contributed by atoms with Gasteiger partial charge in [0.1, 0.15) is 11.5 Å². The summed E-state index contributed by atoms with van der Waals surface area (Å²) in [4.78, 5) is 9.26. The van der Waals surface area contributed by atoms with E-state index in [4.69, 9.17) is 4.42 Å². The number of hydrogen-bond acceptors (Lipinski definition) is 4. The van der Waals surface area contributed by atoms with Gasteiger partial charge >= 0.3 is 0 Å². The first-order valence-electron chi connectivity index (χ1n) is 9.07. The quantitative estimate of drug-likeness (QED) is 0.808. The minimum absolute atomic E-state index is 0.620. The predicted octanol–water partition coefficient (Wildman–Crippen LogP) is 3.78. The molecule has 4 heteroatoms. The third-order valence-electron chi connectivity index (χ3n) is 5.13. The van der Waals surface area contributed by atoms with Gasteiger partial charge in [-0.2, -0.15) is 0 Å². The van der Waals surface area contributed by atoms with E-state index in [0.29, 0.717) is 6.04 Å². The van der Waals surface area contributed by atoms with Gasteiger partial charge in [-0.05, 0) is 69.1 Å². The van der Waals surface area contributed by atoms with Crippen molar-refractivity contribution in [2.75, 3.05) is 19.6 Å². The van der Waals surface area contributed by atoms with E-state index < -0.39 is 0 Å². The Labute approximate surface area is 145 Å². The van der Waals surface area contributed by atoms with Crippen molar-refractivity contribution in [1.82, 2.24) is 14.8 Å². The summed E-state index contributed by atoms with van der Waals surface area (Å²) in [6.45, 7) is 11.7. The van der Waals surface area contributed by atoms with E-state index >= 15 is 0 Å². The number of aromatic nitrogens is 1. The maximum atomic E-state index is 5.87. The highest BCUT2D eigenvalue weighted by molar-refractivity contribution is 5.18. The Kier molecular flexibility index (Phi) is 5.69. The largest absolute Gasteiger partial charge is 0.465 e. The van der Waals surface area contributed by atoms with Crippen LogP contribution in [0.2, 0.25) is 0 Å². The lowest BCUT2D eigenvalue weighted by Crippen LogP contribution is -2.47. The molecule has 0 aliphatic carbocycles. The van der Waals surface area contributed by atoms with Gasteiger partial charge in [0.05, 0.1) is 6.54 Å². The van der Waals surface area contributed by atoms with Gasteiger partial charge in [-0.15, -0.1) is 0 Å². The number of aryl methyl sites for hydroxylation is 2. The van der Waals surface area contributed by atoms with Crippen molar-refractivity contribution in [3.63, 3.8) is 0 Å². The maximum Gasteiger partial charge on any atom is 0.118 e. The van der Waals surface area contributed by atoms with Gasteiger partial charge in [-0.25, -0.2) is 0 Å². The molecule has 3 rings (SSSR count). The maximum absolute atomic E-state index is 5.87. The van der Waals surface area contributed by atoms with Crippen molar-refractivity contribution >= 4 is 0 Å². The van der Waals surface area contributed by atoms with Crippen molar-refractivity contribution in [1.29, 1.82) is 0 Å². The molecule has 2 aromatic heterocycles. The van der Waals surface area contributed by atoms with Gasteiger partial charge < -0.3 is 4.42 Å². The highest BCUT2D eigenvalue weighted by Gasteiger charge is 2.25. The average molecular weight is 327 g/mol. The van der Waals surface area contributed by atoms with Crippen molar-refractivity contribution in [2.45, 2.75) is 52.7 Å². The van der Waals surface area contributed by atoms with Gasteiger partial charge in [0.25, 0.3) is 0 Å². The van der Waals surface area contributed by atoms with Crippen LogP contribution in [-0.2, 0) is 13.1 Å². The Hall–Kier alpha value is -1.65. The fourth-order valence-electron chi connectivity index (χ4n) is 3.64. The third-order valence-corrected chi connectivity index (χ3v) is 5.13. The van der Waals surface area contributed by atoms with Crippen LogP contribution in [0, 0.1) is 13.8 Å². The molecule has 24 heavy (non-hydrogen) atoms. The molecule has 0 spiro atoms. The smallest absolute Gasteiger partial charge is 0.118 e. The lowest BCUT2D eigenvalue weighted by molar-refractivity contribution is 0.0875. The molecule has 1 saturated heterocycles. The molecule has 3 heterocycles. The standard InChI is InChI=1S/C20H29N3O/c1-4-23(13-18-7-9-21-10-8-18)19-6-5-11-22(14-19)15-20-12-16(2)17(3)24-20/h7-10,12,19H,4-6,11,13-15H2,1-3H3. The average Bonchev–Trinajstić information content (AvgIpc) is 2.91. The van der Waals surface area contributed by atoms with Gasteiger partial charge in [0.2, 0.25) is 0 Å². The number of furan rings is 1. The summed E-state index contributed by atoms with van der Waals surface area (Å²) in [6.07, 6.45) is 6.32. The molecule has 0 saturated carbocycles. The normalized spacial score (nSPS) is 19.1. The van der Waals surface area contributed by atoms with Crippen LogP contribution in [0.5, 0.6) is 0 Å². The second kappa shape index (κ2) is 7.95. The Bertz CT molecular complexity index is 618. The van der Waals surface area contributed by atoms with Gasteiger partial charge in [0, 0.05) is 31.5 Å². The van der Waals surface area contributed by atoms with E-state index in [0.717, 1.165) is 37.7 Å². The fraction of sp³-hybridized carbons (Fsp3) is 0.550. The highest BCUT2D eigenvalue weighted by Crippen LogP contribution is 2.21. The molecule has 1 atom stereocenters. The van der Waals surface area contributed by atoms with E-state index in [2.05, 4.69) is 46.8 Å².